The maximum absolute atomic E-state index is 9.29. The fourth-order valence-electron chi connectivity index (χ4n) is 8.17. The van der Waals surface area contributed by atoms with Gasteiger partial charge in [0, 0.05) is 0 Å². The SMILES string of the molecule is CCCCCCCCCCCCCCCCCC[NH3+].CCCCCCCCCCCCCCCCCC[NH3+].CCCCCCCCCCCCCCCCCC[NH3+].[O-]P([O-])(=S)[S-]. The molecule has 0 aliphatic heterocycles. The van der Waals surface area contributed by atoms with Gasteiger partial charge in [-0.1, -0.05) is 290 Å². The Labute approximate surface area is 403 Å². The van der Waals surface area contributed by atoms with E-state index in [2.05, 4.69) is 62.0 Å². The molecule has 0 spiro atoms. The van der Waals surface area contributed by atoms with Crippen molar-refractivity contribution >= 4 is 29.7 Å². The van der Waals surface area contributed by atoms with Gasteiger partial charge >= 0.3 is 0 Å². The first-order valence-electron chi connectivity index (χ1n) is 28.4. The molecule has 380 valence electrons. The monoisotopic (exact) mass is 938 g/mol. The topological polar surface area (TPSA) is 129 Å². The molecule has 0 radical (unpaired) electrons. The molecule has 0 aliphatic rings. The van der Waals surface area contributed by atoms with Gasteiger partial charge in [0.15, 0.2) is 0 Å². The van der Waals surface area contributed by atoms with Gasteiger partial charge in [-0.2, -0.15) is 11.8 Å². The second-order valence-electron chi connectivity index (χ2n) is 18.9. The second kappa shape index (κ2) is 68.4. The van der Waals surface area contributed by atoms with Crippen molar-refractivity contribution < 1.29 is 27.0 Å². The normalized spacial score (nSPS) is 11.1. The zero-order valence-corrected chi connectivity index (χ0v) is 45.8. The van der Waals surface area contributed by atoms with Crippen LogP contribution in [0.15, 0.2) is 0 Å². The lowest BCUT2D eigenvalue weighted by Gasteiger charge is -2.44. The lowest BCUT2D eigenvalue weighted by Crippen LogP contribution is -2.50. The summed E-state index contributed by atoms with van der Waals surface area (Å²) in [6.45, 7) is 10.2. The molecule has 9 N–H and O–H groups in total. The predicted octanol–water partition coefficient (Wildman–Crippen LogP) is 14.9. The van der Waals surface area contributed by atoms with Crippen LogP contribution in [0.3, 0.4) is 0 Å². The number of rotatable bonds is 48. The van der Waals surface area contributed by atoms with Crippen LogP contribution in [0, 0.1) is 0 Å². The predicted molar refractivity (Wildman–Crippen MR) is 284 cm³/mol. The van der Waals surface area contributed by atoms with Crippen molar-refractivity contribution in [2.75, 3.05) is 19.6 Å². The van der Waals surface area contributed by atoms with Crippen LogP contribution >= 0.6 is 5.69 Å². The highest BCUT2D eigenvalue weighted by molar-refractivity contribution is 8.49. The Balaban J connectivity index is -0.000000385. The van der Waals surface area contributed by atoms with Gasteiger partial charge in [0.1, 0.15) is 0 Å². The van der Waals surface area contributed by atoms with Crippen molar-refractivity contribution in [2.45, 2.75) is 329 Å². The lowest BCUT2D eigenvalue weighted by atomic mass is 10.0. The molecule has 8 heteroatoms. The third kappa shape index (κ3) is 91.3. The van der Waals surface area contributed by atoms with Crippen LogP contribution in [0.5, 0.6) is 0 Å². The fraction of sp³-hybridized carbons (Fsp3) is 1.00. The van der Waals surface area contributed by atoms with E-state index in [1.54, 1.807) is 0 Å². The van der Waals surface area contributed by atoms with E-state index in [-0.39, 0.29) is 0 Å². The highest BCUT2D eigenvalue weighted by atomic mass is 32.9. The summed E-state index contributed by atoms with van der Waals surface area (Å²) in [6, 6.07) is 0. The molecule has 62 heavy (non-hydrogen) atoms. The summed E-state index contributed by atoms with van der Waals surface area (Å²) in [7, 11) is 0. The van der Waals surface area contributed by atoms with Crippen molar-refractivity contribution in [3.8, 4) is 0 Å². The van der Waals surface area contributed by atoms with Crippen LogP contribution in [-0.2, 0) is 24.1 Å². The first-order chi connectivity index (χ1) is 30.2. The summed E-state index contributed by atoms with van der Waals surface area (Å²) in [5.41, 5.74) is 7.95. The van der Waals surface area contributed by atoms with E-state index < -0.39 is 5.69 Å². The van der Waals surface area contributed by atoms with Gasteiger partial charge in [0.05, 0.1) is 19.6 Å². The standard InChI is InChI=1S/3C18H39N.H3O2PS2/c3*1-2-3-4-5-6-7-8-9-10-11-12-13-14-15-16-17-18-19;1-3(2,4)5/h3*2-19H2,1H3;(H3,1,2,4,5). The molecule has 0 aromatic carbocycles. The highest BCUT2D eigenvalue weighted by Crippen LogP contribution is 2.17. The van der Waals surface area contributed by atoms with Crippen LogP contribution < -0.4 is 27.0 Å². The third-order valence-corrected chi connectivity index (χ3v) is 12.3. The highest BCUT2D eigenvalue weighted by Gasteiger charge is 1.97. The van der Waals surface area contributed by atoms with Gasteiger partial charge in [-0.15, -0.1) is 0 Å². The summed E-state index contributed by atoms with van der Waals surface area (Å²) in [5, 5.41) is 0. The van der Waals surface area contributed by atoms with E-state index in [0.29, 0.717) is 0 Å². The Bertz CT molecular complexity index is 624. The van der Waals surface area contributed by atoms with Gasteiger partial charge in [0.2, 0.25) is 0 Å². The first kappa shape index (κ1) is 69.4. The Morgan fingerprint density at radius 3 is 0.419 bits per heavy atom. The van der Waals surface area contributed by atoms with Crippen LogP contribution in [0.1, 0.15) is 329 Å². The zero-order chi connectivity index (χ0) is 46.6. The van der Waals surface area contributed by atoms with E-state index in [9.17, 15) is 9.79 Å². The Hall–Kier alpha value is 0.800. The van der Waals surface area contributed by atoms with Crippen LogP contribution in [0.4, 0.5) is 0 Å². The van der Waals surface area contributed by atoms with Crippen molar-refractivity contribution in [3.05, 3.63) is 0 Å². The van der Waals surface area contributed by atoms with Crippen LogP contribution in [0.25, 0.3) is 0 Å². The lowest BCUT2D eigenvalue weighted by molar-refractivity contribution is -0.368. The minimum atomic E-state index is -3.72. The van der Waals surface area contributed by atoms with E-state index in [4.69, 9.17) is 0 Å². The minimum absolute atomic E-state index is 1.12. The van der Waals surface area contributed by atoms with Crippen molar-refractivity contribution in [2.24, 2.45) is 0 Å². The molecule has 0 heterocycles. The van der Waals surface area contributed by atoms with Gasteiger partial charge in [-0.25, -0.2) is 0 Å². The van der Waals surface area contributed by atoms with Gasteiger partial charge in [-0.3, -0.25) is 0 Å². The molecule has 5 nitrogen and oxygen atoms in total. The van der Waals surface area contributed by atoms with Crippen molar-refractivity contribution in [3.63, 3.8) is 0 Å². The molecule has 0 saturated heterocycles. The molecule has 0 atom stereocenters. The number of unbranched alkanes of at least 4 members (excludes halogenated alkanes) is 45. The van der Waals surface area contributed by atoms with E-state index in [1.807, 2.05) is 0 Å². The number of hydrogen-bond acceptors (Lipinski definition) is 4. The van der Waals surface area contributed by atoms with Crippen LogP contribution in [0.2, 0.25) is 0 Å². The summed E-state index contributed by atoms with van der Waals surface area (Å²) < 4.78 is 0. The second-order valence-corrected chi connectivity index (χ2v) is 23.4. The van der Waals surface area contributed by atoms with Gasteiger partial charge in [-0.05, 0) is 38.5 Å². The maximum atomic E-state index is 9.29. The quantitative estimate of drug-likeness (QED) is 0.0319. The average Bonchev–Trinajstić information content (AvgIpc) is 3.25. The third-order valence-electron chi connectivity index (χ3n) is 12.3. The molecular weight excluding hydrogens is 818 g/mol. The van der Waals surface area contributed by atoms with E-state index in [1.165, 1.54) is 308 Å². The molecule has 0 saturated carbocycles. The van der Waals surface area contributed by atoms with Gasteiger partial charge < -0.3 is 44.9 Å². The summed E-state index contributed by atoms with van der Waals surface area (Å²) >= 11 is 7.28. The molecule has 0 bridgehead atoms. The molecule has 0 aromatic rings. The number of hydrogen-bond donors (Lipinski definition) is 3. The molecule has 0 unspecified atom stereocenters. The van der Waals surface area contributed by atoms with Crippen LogP contribution in [-0.4, -0.2) is 19.6 Å². The summed E-state index contributed by atoms with van der Waals surface area (Å²) in [5.74, 6) is 0. The minimum Gasteiger partial charge on any atom is -0.850 e. The molecule has 0 aromatic heterocycles. The van der Waals surface area contributed by atoms with Crippen molar-refractivity contribution in [1.82, 2.24) is 0 Å². The largest absolute Gasteiger partial charge is 0.850 e. The van der Waals surface area contributed by atoms with E-state index >= 15 is 0 Å². The summed E-state index contributed by atoms with van der Waals surface area (Å²) in [6.07, 6.45) is 69.6. The molecular formula is C54H120N3O2PS2. The van der Waals surface area contributed by atoms with Crippen molar-refractivity contribution in [1.29, 1.82) is 0 Å². The smallest absolute Gasteiger partial charge is 0.0739 e. The molecule has 0 amide bonds. The number of quaternary nitrogens is 3. The Morgan fingerprint density at radius 2 is 0.339 bits per heavy atom. The maximum Gasteiger partial charge on any atom is 0.0739 e. The fourth-order valence-corrected chi connectivity index (χ4v) is 8.17. The molecule has 0 fully saturated rings. The first-order valence-corrected chi connectivity index (χ1v) is 32.0. The molecule has 0 rings (SSSR count). The van der Waals surface area contributed by atoms with Gasteiger partial charge in [0.25, 0.3) is 0 Å². The Kier molecular flexibility index (Phi) is 76.5. The Morgan fingerprint density at radius 1 is 0.258 bits per heavy atom. The average molecular weight is 939 g/mol. The summed E-state index contributed by atoms with van der Waals surface area (Å²) in [4.78, 5) is 18.6. The van der Waals surface area contributed by atoms with E-state index in [0.717, 1.165) is 19.6 Å². The molecule has 0 aliphatic carbocycles. The zero-order valence-electron chi connectivity index (χ0n) is 43.3.